The fraction of sp³-hybridized carbons (Fsp3) is 0.857. The van der Waals surface area contributed by atoms with E-state index < -0.39 is 0 Å². The van der Waals surface area contributed by atoms with Crippen LogP contribution in [0, 0.1) is 0 Å². The molecule has 0 radical (unpaired) electrons. The maximum Gasteiger partial charge on any atom is 0.0300 e. The van der Waals surface area contributed by atoms with Crippen molar-refractivity contribution in [2.45, 2.75) is 52.0 Å². The van der Waals surface area contributed by atoms with E-state index in [4.69, 9.17) is 0 Å². The molecule has 1 aliphatic carbocycles. The lowest BCUT2D eigenvalue weighted by Gasteiger charge is -2.37. The lowest BCUT2D eigenvalue weighted by molar-refractivity contribution is 0.137. The number of allylic oxidation sites excluding steroid dienone is 1. The molecule has 0 amide bonds. The van der Waals surface area contributed by atoms with Gasteiger partial charge in [-0.3, -0.25) is 4.90 Å². The molecule has 0 bridgehead atoms. The Hall–Kier alpha value is -0.500. The highest BCUT2D eigenvalue weighted by Gasteiger charge is 2.17. The number of piperazine rings is 1. The molecule has 2 rings (SSSR count). The SMILES string of the molecule is CC(C)N1CCN(C=C2CCCCC2)CC1. The molecule has 2 nitrogen and oxygen atoms in total. The number of hydrogen-bond acceptors (Lipinski definition) is 2. The Morgan fingerprint density at radius 2 is 1.56 bits per heavy atom. The zero-order valence-electron chi connectivity index (χ0n) is 10.9. The van der Waals surface area contributed by atoms with Crippen molar-refractivity contribution >= 4 is 0 Å². The summed E-state index contributed by atoms with van der Waals surface area (Å²) in [6.07, 6.45) is 9.44. The summed E-state index contributed by atoms with van der Waals surface area (Å²) >= 11 is 0. The summed E-state index contributed by atoms with van der Waals surface area (Å²) in [5, 5.41) is 0. The second kappa shape index (κ2) is 5.72. The van der Waals surface area contributed by atoms with Crippen LogP contribution >= 0.6 is 0 Å². The van der Waals surface area contributed by atoms with E-state index in [9.17, 15) is 0 Å². The minimum atomic E-state index is 0.712. The van der Waals surface area contributed by atoms with Gasteiger partial charge in [-0.25, -0.2) is 0 Å². The van der Waals surface area contributed by atoms with Crippen LogP contribution in [0.5, 0.6) is 0 Å². The van der Waals surface area contributed by atoms with Crippen molar-refractivity contribution < 1.29 is 0 Å². The minimum Gasteiger partial charge on any atom is -0.375 e. The Morgan fingerprint density at radius 3 is 2.12 bits per heavy atom. The number of rotatable bonds is 2. The average molecular weight is 222 g/mol. The van der Waals surface area contributed by atoms with Gasteiger partial charge < -0.3 is 4.90 Å². The first-order valence-corrected chi connectivity index (χ1v) is 6.93. The molecule has 1 saturated heterocycles. The molecular formula is C14H26N2. The van der Waals surface area contributed by atoms with Crippen LogP contribution in [0.3, 0.4) is 0 Å². The van der Waals surface area contributed by atoms with Crippen LogP contribution < -0.4 is 0 Å². The van der Waals surface area contributed by atoms with Crippen LogP contribution in [-0.2, 0) is 0 Å². The molecule has 0 aromatic rings. The summed E-state index contributed by atoms with van der Waals surface area (Å²) in [4.78, 5) is 5.12. The van der Waals surface area contributed by atoms with Gasteiger partial charge in [0.05, 0.1) is 0 Å². The largest absolute Gasteiger partial charge is 0.375 e. The lowest BCUT2D eigenvalue weighted by atomic mass is 9.95. The highest BCUT2D eigenvalue weighted by Crippen LogP contribution is 2.23. The molecule has 0 atom stereocenters. The summed E-state index contributed by atoms with van der Waals surface area (Å²) < 4.78 is 0. The molecule has 0 N–H and O–H groups in total. The van der Waals surface area contributed by atoms with E-state index >= 15 is 0 Å². The smallest absolute Gasteiger partial charge is 0.0300 e. The van der Waals surface area contributed by atoms with Crippen molar-refractivity contribution in [3.63, 3.8) is 0 Å². The molecular weight excluding hydrogens is 196 g/mol. The van der Waals surface area contributed by atoms with Crippen LogP contribution in [0.4, 0.5) is 0 Å². The second-order valence-electron chi connectivity index (χ2n) is 5.51. The maximum absolute atomic E-state index is 2.58. The van der Waals surface area contributed by atoms with E-state index in [1.807, 2.05) is 0 Å². The van der Waals surface area contributed by atoms with E-state index in [1.165, 1.54) is 58.3 Å². The van der Waals surface area contributed by atoms with E-state index in [-0.39, 0.29) is 0 Å². The molecule has 1 heterocycles. The van der Waals surface area contributed by atoms with Crippen molar-refractivity contribution in [1.82, 2.24) is 9.80 Å². The van der Waals surface area contributed by atoms with E-state index in [1.54, 1.807) is 5.57 Å². The third-order valence-corrected chi connectivity index (χ3v) is 3.94. The topological polar surface area (TPSA) is 6.48 Å². The van der Waals surface area contributed by atoms with Gasteiger partial charge in [0.25, 0.3) is 0 Å². The van der Waals surface area contributed by atoms with Crippen LogP contribution in [0.25, 0.3) is 0 Å². The van der Waals surface area contributed by atoms with Crippen molar-refractivity contribution in [1.29, 1.82) is 0 Å². The Morgan fingerprint density at radius 1 is 0.938 bits per heavy atom. The van der Waals surface area contributed by atoms with Gasteiger partial charge in [-0.2, -0.15) is 0 Å². The predicted molar refractivity (Wildman–Crippen MR) is 69.5 cm³/mol. The van der Waals surface area contributed by atoms with E-state index in [0.29, 0.717) is 6.04 Å². The molecule has 0 unspecified atom stereocenters. The number of hydrogen-bond donors (Lipinski definition) is 0. The van der Waals surface area contributed by atoms with Crippen molar-refractivity contribution in [2.24, 2.45) is 0 Å². The zero-order valence-corrected chi connectivity index (χ0v) is 10.9. The van der Waals surface area contributed by atoms with Crippen molar-refractivity contribution in [3.8, 4) is 0 Å². The van der Waals surface area contributed by atoms with E-state index in [0.717, 1.165) is 0 Å². The van der Waals surface area contributed by atoms with Crippen LogP contribution in [0.15, 0.2) is 11.8 Å². The van der Waals surface area contributed by atoms with Crippen LogP contribution in [-0.4, -0.2) is 42.0 Å². The molecule has 2 heteroatoms. The first-order chi connectivity index (χ1) is 7.75. The Kier molecular flexibility index (Phi) is 4.28. The molecule has 1 aliphatic heterocycles. The van der Waals surface area contributed by atoms with Gasteiger partial charge >= 0.3 is 0 Å². The van der Waals surface area contributed by atoms with Gasteiger partial charge in [-0.05, 0) is 45.7 Å². The van der Waals surface area contributed by atoms with Crippen LogP contribution in [0.2, 0.25) is 0 Å². The predicted octanol–water partition coefficient (Wildman–Crippen LogP) is 2.86. The monoisotopic (exact) mass is 222 g/mol. The first kappa shape index (κ1) is 12.0. The molecule has 2 fully saturated rings. The first-order valence-electron chi connectivity index (χ1n) is 6.93. The third-order valence-electron chi connectivity index (χ3n) is 3.94. The van der Waals surface area contributed by atoms with Crippen molar-refractivity contribution in [2.75, 3.05) is 26.2 Å². The average Bonchev–Trinajstić information content (AvgIpc) is 2.31. The second-order valence-corrected chi connectivity index (χ2v) is 5.51. The zero-order chi connectivity index (χ0) is 11.4. The van der Waals surface area contributed by atoms with Crippen molar-refractivity contribution in [3.05, 3.63) is 11.8 Å². The minimum absolute atomic E-state index is 0.712. The summed E-state index contributed by atoms with van der Waals surface area (Å²) in [5.74, 6) is 0. The Labute approximate surface area is 100 Å². The number of nitrogens with zero attached hydrogens (tertiary/aromatic N) is 2. The quantitative estimate of drug-likeness (QED) is 0.709. The lowest BCUT2D eigenvalue weighted by Crippen LogP contribution is -2.47. The Balaban J connectivity index is 1.80. The molecule has 1 saturated carbocycles. The van der Waals surface area contributed by atoms with Gasteiger partial charge in [0.2, 0.25) is 0 Å². The molecule has 16 heavy (non-hydrogen) atoms. The van der Waals surface area contributed by atoms with Crippen LogP contribution in [0.1, 0.15) is 46.0 Å². The summed E-state index contributed by atoms with van der Waals surface area (Å²) in [6, 6.07) is 0.712. The highest BCUT2D eigenvalue weighted by atomic mass is 15.3. The normalized spacial score (nSPS) is 23.9. The fourth-order valence-corrected chi connectivity index (χ4v) is 2.78. The molecule has 92 valence electrons. The standard InChI is InChI=1S/C14H26N2/c1-13(2)16-10-8-15(9-11-16)12-14-6-4-3-5-7-14/h12-13H,3-11H2,1-2H3. The van der Waals surface area contributed by atoms with Gasteiger partial charge in [0.1, 0.15) is 0 Å². The Bertz CT molecular complexity index is 229. The molecule has 2 aliphatic rings. The van der Waals surface area contributed by atoms with Gasteiger partial charge in [-0.1, -0.05) is 12.0 Å². The van der Waals surface area contributed by atoms with Gasteiger partial charge in [-0.15, -0.1) is 0 Å². The van der Waals surface area contributed by atoms with Gasteiger partial charge in [0, 0.05) is 32.2 Å². The summed E-state index contributed by atoms with van der Waals surface area (Å²) in [5.41, 5.74) is 1.70. The summed E-state index contributed by atoms with van der Waals surface area (Å²) in [6.45, 7) is 9.52. The van der Waals surface area contributed by atoms with E-state index in [2.05, 4.69) is 29.8 Å². The third kappa shape index (κ3) is 3.24. The summed E-state index contributed by atoms with van der Waals surface area (Å²) in [7, 11) is 0. The van der Waals surface area contributed by atoms with Gasteiger partial charge in [0.15, 0.2) is 0 Å². The fourth-order valence-electron chi connectivity index (χ4n) is 2.78. The maximum atomic E-state index is 2.58. The molecule has 0 spiro atoms. The highest BCUT2D eigenvalue weighted by molar-refractivity contribution is 5.04. The molecule has 0 aromatic carbocycles. The molecule has 0 aromatic heterocycles.